The molecular weight excluding hydrogens is 522 g/mol. The highest BCUT2D eigenvalue weighted by molar-refractivity contribution is 6.05. The molecule has 1 aromatic rings. The van der Waals surface area contributed by atoms with E-state index in [1.54, 1.807) is 17.1 Å². The van der Waals surface area contributed by atoms with E-state index >= 15 is 0 Å². The fourth-order valence-electron chi connectivity index (χ4n) is 7.23. The van der Waals surface area contributed by atoms with Crippen molar-refractivity contribution in [1.82, 2.24) is 4.90 Å². The van der Waals surface area contributed by atoms with E-state index in [0.717, 1.165) is 25.2 Å². The van der Waals surface area contributed by atoms with E-state index in [9.17, 15) is 19.5 Å². The van der Waals surface area contributed by atoms with Gasteiger partial charge in [0.2, 0.25) is 5.91 Å². The van der Waals surface area contributed by atoms with Crippen molar-refractivity contribution >= 4 is 29.2 Å². The molecule has 9 heteroatoms. The number of esters is 1. The lowest BCUT2D eigenvalue weighted by molar-refractivity contribution is -0.161. The minimum Gasteiger partial charge on any atom is -0.465 e. The standard InChI is InChI=1S/C32H45N3O6/c1-6-11-12-22-40-30(39)26-25-28(37)35(20-21-36)27(32(25)18-17-31(26,8-3)41-32)29(38)34(19-7-2)24-15-13-23(14-16-24)33(9-4)10-5/h6-7,13-16,25-27,36H,1-2,8-12,17-22H2,3-5H3/t25-,26+,27?,31-,32?/m0/s1. The Bertz CT molecular complexity index is 1130. The Morgan fingerprint density at radius 3 is 2.39 bits per heavy atom. The molecule has 5 atom stereocenters. The van der Waals surface area contributed by atoms with E-state index in [0.29, 0.717) is 31.4 Å². The predicted octanol–water partition coefficient (Wildman–Crippen LogP) is 3.71. The Morgan fingerprint density at radius 2 is 1.80 bits per heavy atom. The molecule has 2 bridgehead atoms. The van der Waals surface area contributed by atoms with Gasteiger partial charge in [-0.25, -0.2) is 0 Å². The predicted molar refractivity (Wildman–Crippen MR) is 159 cm³/mol. The topological polar surface area (TPSA) is 99.6 Å². The number of fused-ring (bicyclic) bond motifs is 1. The van der Waals surface area contributed by atoms with E-state index < -0.39 is 35.0 Å². The van der Waals surface area contributed by atoms with E-state index in [1.165, 1.54) is 4.90 Å². The maximum atomic E-state index is 14.5. The zero-order chi connectivity index (χ0) is 29.8. The first-order valence-electron chi connectivity index (χ1n) is 14.9. The number of hydrogen-bond donors (Lipinski definition) is 1. The highest BCUT2D eigenvalue weighted by Gasteiger charge is 2.79. The van der Waals surface area contributed by atoms with Crippen LogP contribution in [0.2, 0.25) is 0 Å². The molecule has 41 heavy (non-hydrogen) atoms. The summed E-state index contributed by atoms with van der Waals surface area (Å²) in [6.45, 7) is 15.6. The Morgan fingerprint density at radius 1 is 1.12 bits per heavy atom. The molecule has 3 fully saturated rings. The quantitative estimate of drug-likeness (QED) is 0.196. The number of amides is 2. The molecule has 0 aromatic heterocycles. The number of β-amino-alcohol motifs (C(OH)–C–C–N with tert-alkyl or cyclic N) is 1. The molecule has 3 saturated heterocycles. The van der Waals surface area contributed by atoms with Crippen molar-refractivity contribution in [3.8, 4) is 0 Å². The van der Waals surface area contributed by atoms with Crippen LogP contribution < -0.4 is 9.80 Å². The largest absolute Gasteiger partial charge is 0.465 e. The maximum absolute atomic E-state index is 14.5. The summed E-state index contributed by atoms with van der Waals surface area (Å²) in [5.41, 5.74) is -0.310. The molecule has 224 valence electrons. The van der Waals surface area contributed by atoms with Gasteiger partial charge in [0.1, 0.15) is 17.6 Å². The smallest absolute Gasteiger partial charge is 0.312 e. The fourth-order valence-corrected chi connectivity index (χ4v) is 7.23. The summed E-state index contributed by atoms with van der Waals surface area (Å²) in [5, 5.41) is 9.92. The summed E-state index contributed by atoms with van der Waals surface area (Å²) >= 11 is 0. The van der Waals surface area contributed by atoms with Crippen molar-refractivity contribution in [3.63, 3.8) is 0 Å². The summed E-state index contributed by atoms with van der Waals surface area (Å²) in [6, 6.07) is 6.80. The number of rotatable bonds is 15. The van der Waals surface area contributed by atoms with Crippen LogP contribution in [-0.2, 0) is 23.9 Å². The van der Waals surface area contributed by atoms with Crippen LogP contribution in [0.5, 0.6) is 0 Å². The lowest BCUT2D eigenvalue weighted by Crippen LogP contribution is -2.56. The molecule has 9 nitrogen and oxygen atoms in total. The van der Waals surface area contributed by atoms with E-state index in [4.69, 9.17) is 9.47 Å². The summed E-state index contributed by atoms with van der Waals surface area (Å²) in [6.07, 6.45) is 6.34. The second-order valence-electron chi connectivity index (χ2n) is 11.1. The van der Waals surface area contributed by atoms with Gasteiger partial charge in [-0.15, -0.1) is 13.2 Å². The van der Waals surface area contributed by atoms with Crippen LogP contribution in [-0.4, -0.2) is 84.4 Å². The third-order valence-corrected chi connectivity index (χ3v) is 9.17. The fraction of sp³-hybridized carbons (Fsp3) is 0.594. The van der Waals surface area contributed by atoms with Crippen molar-refractivity contribution in [1.29, 1.82) is 0 Å². The summed E-state index contributed by atoms with van der Waals surface area (Å²) in [7, 11) is 0. The number of likely N-dealkylation sites (tertiary alicyclic amines) is 1. The number of aliphatic hydroxyl groups excluding tert-OH is 1. The van der Waals surface area contributed by atoms with Crippen LogP contribution in [0.25, 0.3) is 0 Å². The number of unbranched alkanes of at least 4 members (excludes halogenated alkanes) is 1. The molecule has 2 amide bonds. The SMILES string of the molecule is C=CCCCOC(=O)[C@H]1[C@H]2C(=O)N(CCO)C(C(=O)N(CC=C)c3ccc(N(CC)CC)cc3)C23CC[C@]1(CC)O3. The second kappa shape index (κ2) is 12.8. The highest BCUT2D eigenvalue weighted by atomic mass is 16.6. The van der Waals surface area contributed by atoms with Crippen molar-refractivity contribution in [2.75, 3.05) is 49.2 Å². The van der Waals surface area contributed by atoms with E-state index in [1.807, 2.05) is 31.2 Å². The van der Waals surface area contributed by atoms with E-state index in [2.05, 4.69) is 31.9 Å². The molecule has 1 spiro atoms. The van der Waals surface area contributed by atoms with Crippen molar-refractivity contribution < 1.29 is 29.0 Å². The molecule has 0 aliphatic carbocycles. The molecule has 3 aliphatic rings. The number of carbonyl (C=O) groups is 3. The number of anilines is 2. The number of hydrogen-bond acceptors (Lipinski definition) is 7. The molecule has 4 rings (SSSR count). The summed E-state index contributed by atoms with van der Waals surface area (Å²) < 4.78 is 12.4. The number of allylic oxidation sites excluding steroid dienone is 1. The van der Waals surface area contributed by atoms with Gasteiger partial charge in [0.15, 0.2) is 0 Å². The number of benzene rings is 1. The van der Waals surface area contributed by atoms with Gasteiger partial charge in [0.25, 0.3) is 5.91 Å². The average Bonchev–Trinajstić information content (AvgIpc) is 3.58. The van der Waals surface area contributed by atoms with Crippen molar-refractivity contribution in [2.45, 2.75) is 70.1 Å². The Balaban J connectivity index is 1.71. The maximum Gasteiger partial charge on any atom is 0.312 e. The van der Waals surface area contributed by atoms with Crippen LogP contribution in [0, 0.1) is 11.8 Å². The van der Waals surface area contributed by atoms with Crippen LogP contribution in [0.15, 0.2) is 49.6 Å². The van der Waals surface area contributed by atoms with Gasteiger partial charge >= 0.3 is 5.97 Å². The second-order valence-corrected chi connectivity index (χ2v) is 11.1. The van der Waals surface area contributed by atoms with Gasteiger partial charge in [0.05, 0.1) is 24.7 Å². The third kappa shape index (κ3) is 5.18. The van der Waals surface area contributed by atoms with Gasteiger partial charge in [-0.3, -0.25) is 14.4 Å². The van der Waals surface area contributed by atoms with Gasteiger partial charge in [0, 0.05) is 37.6 Å². The summed E-state index contributed by atoms with van der Waals surface area (Å²) in [4.78, 5) is 47.4. The number of carbonyl (C=O) groups excluding carboxylic acids is 3. The van der Waals surface area contributed by atoms with Crippen LogP contribution in [0.4, 0.5) is 11.4 Å². The molecular formula is C32H45N3O6. The van der Waals surface area contributed by atoms with Gasteiger partial charge in [-0.2, -0.15) is 0 Å². The number of ether oxygens (including phenoxy) is 2. The minimum absolute atomic E-state index is 0.0279. The zero-order valence-corrected chi connectivity index (χ0v) is 24.7. The van der Waals surface area contributed by atoms with Crippen molar-refractivity contribution in [3.05, 3.63) is 49.6 Å². The molecule has 2 unspecified atom stereocenters. The number of aliphatic hydroxyl groups is 1. The lowest BCUT2D eigenvalue weighted by Gasteiger charge is -2.36. The lowest BCUT2D eigenvalue weighted by atomic mass is 9.65. The Labute approximate surface area is 243 Å². The minimum atomic E-state index is -1.18. The van der Waals surface area contributed by atoms with Crippen LogP contribution in [0.1, 0.15) is 52.9 Å². The van der Waals surface area contributed by atoms with Crippen molar-refractivity contribution in [2.24, 2.45) is 11.8 Å². The van der Waals surface area contributed by atoms with Gasteiger partial charge in [-0.1, -0.05) is 19.1 Å². The molecule has 1 N–H and O–H groups in total. The highest BCUT2D eigenvalue weighted by Crippen LogP contribution is 2.64. The van der Waals surface area contributed by atoms with Gasteiger partial charge < -0.3 is 29.3 Å². The average molecular weight is 568 g/mol. The Kier molecular flexibility index (Phi) is 9.59. The van der Waals surface area contributed by atoms with E-state index in [-0.39, 0.29) is 38.1 Å². The Hall–Kier alpha value is -3.17. The summed E-state index contributed by atoms with van der Waals surface area (Å²) in [5.74, 6) is -2.76. The zero-order valence-electron chi connectivity index (χ0n) is 24.7. The first-order chi connectivity index (χ1) is 19.8. The third-order valence-electron chi connectivity index (χ3n) is 9.17. The normalized spacial score (nSPS) is 28.0. The molecule has 3 aliphatic heterocycles. The first-order valence-corrected chi connectivity index (χ1v) is 14.9. The molecule has 1 aromatic carbocycles. The molecule has 3 heterocycles. The van der Waals surface area contributed by atoms with Crippen LogP contribution >= 0.6 is 0 Å². The molecule has 0 radical (unpaired) electrons. The first kappa shape index (κ1) is 30.8. The molecule has 0 saturated carbocycles. The van der Waals surface area contributed by atoms with Crippen LogP contribution in [0.3, 0.4) is 0 Å². The number of nitrogens with zero attached hydrogens (tertiary/aromatic N) is 3. The monoisotopic (exact) mass is 567 g/mol. The van der Waals surface area contributed by atoms with Gasteiger partial charge in [-0.05, 0) is 70.2 Å².